The molecule has 1 aliphatic rings. The van der Waals surface area contributed by atoms with Crippen molar-refractivity contribution in [1.82, 2.24) is 0 Å². The fraction of sp³-hybridized carbons (Fsp3) is 0.625. The van der Waals surface area contributed by atoms with E-state index in [0.29, 0.717) is 6.42 Å². The molecule has 1 fully saturated rings. The van der Waals surface area contributed by atoms with Gasteiger partial charge in [0, 0.05) is 13.5 Å². The van der Waals surface area contributed by atoms with Gasteiger partial charge in [-0.15, -0.1) is 0 Å². The summed E-state index contributed by atoms with van der Waals surface area (Å²) in [6.45, 7) is 0. The third-order valence-electron chi connectivity index (χ3n) is 4.36. The first-order valence-electron chi connectivity index (χ1n) is 7.17. The molecular weight excluding hydrogens is 259 g/mol. The molecule has 1 aliphatic carbocycles. The van der Waals surface area contributed by atoms with Crippen LogP contribution >= 0.6 is 0 Å². The third kappa shape index (κ3) is 3.13. The van der Waals surface area contributed by atoms with Crippen molar-refractivity contribution in [2.24, 2.45) is 0 Å². The molecule has 1 atom stereocenters. The molecule has 0 saturated heterocycles. The van der Waals surface area contributed by atoms with E-state index in [0.717, 1.165) is 31.2 Å². The average Bonchev–Trinajstić information content (AvgIpc) is 2.48. The Balaban J connectivity index is 2.09. The Bertz CT molecular complexity index is 441. The quantitative estimate of drug-likeness (QED) is 0.902. The summed E-state index contributed by atoms with van der Waals surface area (Å²) in [5, 5.41) is 10.5. The second-order valence-electron chi connectivity index (χ2n) is 5.52. The van der Waals surface area contributed by atoms with Crippen molar-refractivity contribution in [3.05, 3.63) is 29.6 Å². The Morgan fingerprint density at radius 2 is 1.95 bits per heavy atom. The van der Waals surface area contributed by atoms with Crippen LogP contribution in [0.2, 0.25) is 0 Å². The van der Waals surface area contributed by atoms with Gasteiger partial charge >= 0.3 is 0 Å². The second-order valence-corrected chi connectivity index (χ2v) is 5.52. The lowest BCUT2D eigenvalue weighted by atomic mass is 9.78. The van der Waals surface area contributed by atoms with Gasteiger partial charge in [-0.2, -0.15) is 0 Å². The molecule has 0 radical (unpaired) electrons. The van der Waals surface area contributed by atoms with Crippen LogP contribution in [0.4, 0.5) is 4.39 Å². The number of ether oxygens (including phenoxy) is 2. The van der Waals surface area contributed by atoms with E-state index >= 15 is 0 Å². The van der Waals surface area contributed by atoms with Crippen LogP contribution in [-0.2, 0) is 11.2 Å². The second kappa shape index (κ2) is 6.55. The summed E-state index contributed by atoms with van der Waals surface area (Å²) in [6, 6.07) is 4.81. The lowest BCUT2D eigenvalue weighted by Gasteiger charge is -2.40. The predicted octanol–water partition coefficient (Wildman–Crippen LogP) is 3.09. The van der Waals surface area contributed by atoms with Gasteiger partial charge in [0.15, 0.2) is 11.6 Å². The Kier molecular flexibility index (Phi) is 5.00. The van der Waals surface area contributed by atoms with E-state index in [1.165, 1.54) is 19.6 Å². The first-order chi connectivity index (χ1) is 9.61. The SMILES string of the molecule is COc1ccc(CC(O)C2(OC)CCCCC2)cc1F. The molecule has 0 aliphatic heterocycles. The number of hydrogen-bond acceptors (Lipinski definition) is 3. The molecule has 0 aromatic heterocycles. The summed E-state index contributed by atoms with van der Waals surface area (Å²) in [7, 11) is 3.10. The topological polar surface area (TPSA) is 38.7 Å². The number of aliphatic hydroxyl groups is 1. The van der Waals surface area contributed by atoms with Crippen LogP contribution in [0, 0.1) is 5.82 Å². The minimum absolute atomic E-state index is 0.224. The summed E-state index contributed by atoms with van der Waals surface area (Å²) in [6.07, 6.45) is 4.85. The minimum Gasteiger partial charge on any atom is -0.494 e. The molecule has 1 saturated carbocycles. The molecular formula is C16H23FO3. The van der Waals surface area contributed by atoms with E-state index in [1.54, 1.807) is 19.2 Å². The lowest BCUT2D eigenvalue weighted by Crippen LogP contribution is -2.46. The maximum absolute atomic E-state index is 13.7. The van der Waals surface area contributed by atoms with Crippen molar-refractivity contribution >= 4 is 0 Å². The highest BCUT2D eigenvalue weighted by molar-refractivity contribution is 5.29. The molecule has 0 bridgehead atoms. The minimum atomic E-state index is -0.611. The number of hydrogen-bond donors (Lipinski definition) is 1. The zero-order chi connectivity index (χ0) is 14.6. The highest BCUT2D eigenvalue weighted by atomic mass is 19.1. The fourth-order valence-corrected chi connectivity index (χ4v) is 3.07. The largest absolute Gasteiger partial charge is 0.494 e. The van der Waals surface area contributed by atoms with Crippen molar-refractivity contribution in [2.45, 2.75) is 50.2 Å². The van der Waals surface area contributed by atoms with Gasteiger partial charge in [-0.1, -0.05) is 25.3 Å². The highest BCUT2D eigenvalue weighted by Crippen LogP contribution is 2.35. The van der Waals surface area contributed by atoms with Crippen LogP contribution in [0.1, 0.15) is 37.7 Å². The number of rotatable bonds is 5. The van der Waals surface area contributed by atoms with E-state index < -0.39 is 17.5 Å². The molecule has 0 spiro atoms. The van der Waals surface area contributed by atoms with Gasteiger partial charge in [0.1, 0.15) is 0 Å². The Morgan fingerprint density at radius 3 is 2.50 bits per heavy atom. The van der Waals surface area contributed by atoms with Crippen LogP contribution in [0.25, 0.3) is 0 Å². The van der Waals surface area contributed by atoms with E-state index in [-0.39, 0.29) is 5.75 Å². The number of halogens is 1. The zero-order valence-electron chi connectivity index (χ0n) is 12.2. The van der Waals surface area contributed by atoms with Gasteiger partial charge in [0.05, 0.1) is 18.8 Å². The molecule has 1 unspecified atom stereocenters. The highest BCUT2D eigenvalue weighted by Gasteiger charge is 2.39. The van der Waals surface area contributed by atoms with E-state index in [4.69, 9.17) is 9.47 Å². The first-order valence-corrected chi connectivity index (χ1v) is 7.17. The summed E-state index contributed by atoms with van der Waals surface area (Å²) in [5.74, 6) is -0.172. The maximum atomic E-state index is 13.7. The van der Waals surface area contributed by atoms with Crippen LogP contribution in [0.5, 0.6) is 5.75 Å². The molecule has 1 aromatic carbocycles. The van der Waals surface area contributed by atoms with Crippen molar-refractivity contribution < 1.29 is 19.0 Å². The Labute approximate surface area is 119 Å². The summed E-state index contributed by atoms with van der Waals surface area (Å²) in [4.78, 5) is 0. The van der Waals surface area contributed by atoms with Crippen LogP contribution in [0.15, 0.2) is 18.2 Å². The first kappa shape index (κ1) is 15.3. The Morgan fingerprint density at radius 1 is 1.25 bits per heavy atom. The standard InChI is InChI=1S/C16H23FO3/c1-19-14-7-6-12(10-13(14)17)11-15(18)16(20-2)8-4-3-5-9-16/h6-7,10,15,18H,3-5,8-9,11H2,1-2H3. The molecule has 1 N–H and O–H groups in total. The smallest absolute Gasteiger partial charge is 0.165 e. The fourth-order valence-electron chi connectivity index (χ4n) is 3.07. The van der Waals surface area contributed by atoms with Gasteiger partial charge in [0.25, 0.3) is 0 Å². The molecule has 3 nitrogen and oxygen atoms in total. The molecule has 112 valence electrons. The summed E-state index contributed by atoms with van der Waals surface area (Å²) in [5.41, 5.74) is 0.284. The molecule has 20 heavy (non-hydrogen) atoms. The summed E-state index contributed by atoms with van der Waals surface area (Å²) >= 11 is 0. The molecule has 0 heterocycles. The van der Waals surface area contributed by atoms with Crippen LogP contribution in [0.3, 0.4) is 0 Å². The maximum Gasteiger partial charge on any atom is 0.165 e. The van der Waals surface area contributed by atoms with Crippen molar-refractivity contribution in [3.8, 4) is 5.75 Å². The summed E-state index contributed by atoms with van der Waals surface area (Å²) < 4.78 is 24.2. The van der Waals surface area contributed by atoms with Crippen molar-refractivity contribution in [1.29, 1.82) is 0 Å². The van der Waals surface area contributed by atoms with E-state index in [1.807, 2.05) is 0 Å². The molecule has 1 aromatic rings. The molecule has 4 heteroatoms. The van der Waals surface area contributed by atoms with Crippen LogP contribution in [-0.4, -0.2) is 31.0 Å². The Hall–Kier alpha value is -1.13. The number of benzene rings is 1. The van der Waals surface area contributed by atoms with Gasteiger partial charge < -0.3 is 14.6 Å². The normalized spacial score (nSPS) is 19.6. The molecule has 0 amide bonds. The average molecular weight is 282 g/mol. The van der Waals surface area contributed by atoms with Crippen molar-refractivity contribution in [2.75, 3.05) is 14.2 Å². The van der Waals surface area contributed by atoms with Crippen molar-refractivity contribution in [3.63, 3.8) is 0 Å². The van der Waals surface area contributed by atoms with Crippen LogP contribution < -0.4 is 4.74 Å². The van der Waals surface area contributed by atoms with Gasteiger partial charge in [-0.3, -0.25) is 0 Å². The monoisotopic (exact) mass is 282 g/mol. The van der Waals surface area contributed by atoms with Gasteiger partial charge in [0.2, 0.25) is 0 Å². The van der Waals surface area contributed by atoms with Gasteiger partial charge in [-0.05, 0) is 30.5 Å². The zero-order valence-corrected chi connectivity index (χ0v) is 12.2. The van der Waals surface area contributed by atoms with E-state index in [2.05, 4.69) is 0 Å². The molecule has 2 rings (SSSR count). The van der Waals surface area contributed by atoms with E-state index in [9.17, 15) is 9.50 Å². The predicted molar refractivity (Wildman–Crippen MR) is 75.5 cm³/mol. The third-order valence-corrected chi connectivity index (χ3v) is 4.36. The lowest BCUT2D eigenvalue weighted by molar-refractivity contribution is -0.122. The number of methoxy groups -OCH3 is 2. The number of aliphatic hydroxyl groups excluding tert-OH is 1. The van der Waals surface area contributed by atoms with Gasteiger partial charge in [-0.25, -0.2) is 4.39 Å².